The number of nitrogens with zero attached hydrogens (tertiary/aromatic N) is 3. The summed E-state index contributed by atoms with van der Waals surface area (Å²) in [4.78, 5) is 14.5. The molecule has 0 saturated heterocycles. The van der Waals surface area contributed by atoms with Gasteiger partial charge in [-0.05, 0) is 42.0 Å². The Morgan fingerprint density at radius 1 is 1.23 bits per heavy atom. The molecule has 1 atom stereocenters. The van der Waals surface area contributed by atoms with Crippen LogP contribution in [0.2, 0.25) is 10.0 Å². The molecule has 0 saturated carbocycles. The maximum atomic E-state index is 9.97. The molecule has 0 unspecified atom stereocenters. The minimum Gasteiger partial charge on any atom is -0.488 e. The summed E-state index contributed by atoms with van der Waals surface area (Å²) in [5.74, 6) is 2.02. The number of benzene rings is 2. The van der Waals surface area contributed by atoms with E-state index in [9.17, 15) is 5.11 Å². The molecule has 2 N–H and O–H groups in total. The van der Waals surface area contributed by atoms with Crippen molar-refractivity contribution in [2.45, 2.75) is 6.04 Å². The Kier molecular flexibility index (Phi) is 5.06. The fraction of sp³-hybridized carbons (Fsp3) is 0.130. The van der Waals surface area contributed by atoms with Crippen LogP contribution in [0.1, 0.15) is 5.56 Å². The van der Waals surface area contributed by atoms with Crippen LogP contribution in [0.15, 0.2) is 55.2 Å². The lowest BCUT2D eigenvalue weighted by atomic mass is 10.1. The van der Waals surface area contributed by atoms with Gasteiger partial charge in [0.25, 0.3) is 0 Å². The predicted molar refractivity (Wildman–Crippen MR) is 124 cm³/mol. The van der Waals surface area contributed by atoms with E-state index in [4.69, 9.17) is 27.9 Å². The van der Waals surface area contributed by atoms with Crippen molar-refractivity contribution < 1.29 is 9.84 Å². The molecule has 0 fully saturated rings. The highest BCUT2D eigenvalue weighted by molar-refractivity contribution is 6.42. The van der Waals surface area contributed by atoms with Crippen LogP contribution in [0.3, 0.4) is 0 Å². The number of hydrogen-bond donors (Lipinski definition) is 2. The third-order valence-electron chi connectivity index (χ3n) is 5.28. The Morgan fingerprint density at radius 3 is 2.81 bits per heavy atom. The lowest BCUT2D eigenvalue weighted by Crippen LogP contribution is -2.43. The van der Waals surface area contributed by atoms with Gasteiger partial charge in [0.15, 0.2) is 5.75 Å². The number of pyridine rings is 1. The second kappa shape index (κ2) is 7.89. The SMILES string of the molecule is C=Cc1ccc(N2c3cccc(-c4nc5cc(Cl)c(Cl)cc5[nH]4)c3OC[C@@H]2CO)nc1. The topological polar surface area (TPSA) is 74.3 Å². The third-order valence-corrected chi connectivity index (χ3v) is 6.00. The van der Waals surface area contributed by atoms with Crippen LogP contribution in [-0.4, -0.2) is 39.3 Å². The number of rotatable bonds is 4. The summed E-state index contributed by atoms with van der Waals surface area (Å²) in [5.41, 5.74) is 4.02. The monoisotopic (exact) mass is 452 g/mol. The summed E-state index contributed by atoms with van der Waals surface area (Å²) in [6.07, 6.45) is 3.49. The van der Waals surface area contributed by atoms with E-state index >= 15 is 0 Å². The van der Waals surface area contributed by atoms with E-state index in [1.807, 2.05) is 35.2 Å². The fourth-order valence-corrected chi connectivity index (χ4v) is 4.06. The quantitative estimate of drug-likeness (QED) is 0.429. The highest BCUT2D eigenvalue weighted by Gasteiger charge is 2.31. The molecule has 4 aromatic rings. The fourth-order valence-electron chi connectivity index (χ4n) is 3.74. The number of anilines is 2. The number of imidazole rings is 1. The number of nitrogens with one attached hydrogen (secondary N) is 1. The maximum Gasteiger partial charge on any atom is 0.154 e. The number of H-pyrrole nitrogens is 1. The number of aromatic nitrogens is 3. The first-order valence-corrected chi connectivity index (χ1v) is 10.4. The maximum absolute atomic E-state index is 9.97. The van der Waals surface area contributed by atoms with Crippen LogP contribution in [-0.2, 0) is 0 Å². The smallest absolute Gasteiger partial charge is 0.154 e. The van der Waals surface area contributed by atoms with Crippen LogP contribution in [0.5, 0.6) is 5.75 Å². The van der Waals surface area contributed by atoms with Crippen molar-refractivity contribution in [1.82, 2.24) is 15.0 Å². The first kappa shape index (κ1) is 19.9. The molecule has 1 aliphatic rings. The lowest BCUT2D eigenvalue weighted by molar-refractivity contribution is 0.195. The zero-order valence-electron chi connectivity index (χ0n) is 16.3. The molecule has 8 heteroatoms. The molecule has 156 valence electrons. The predicted octanol–water partition coefficient (Wildman–Crippen LogP) is 5.47. The lowest BCUT2D eigenvalue weighted by Gasteiger charge is -2.37. The molecule has 1 aliphatic heterocycles. The van der Waals surface area contributed by atoms with E-state index in [1.165, 1.54) is 0 Å². The molecule has 3 heterocycles. The average molecular weight is 453 g/mol. The molecule has 31 heavy (non-hydrogen) atoms. The number of halogens is 2. The van der Waals surface area contributed by atoms with Gasteiger partial charge in [-0.2, -0.15) is 0 Å². The average Bonchev–Trinajstić information content (AvgIpc) is 3.20. The van der Waals surface area contributed by atoms with Crippen LogP contribution >= 0.6 is 23.2 Å². The van der Waals surface area contributed by atoms with Crippen molar-refractivity contribution in [3.05, 3.63) is 70.8 Å². The number of aromatic amines is 1. The van der Waals surface area contributed by atoms with E-state index in [2.05, 4.69) is 21.5 Å². The Morgan fingerprint density at radius 2 is 2.06 bits per heavy atom. The van der Waals surface area contributed by atoms with E-state index in [0.29, 0.717) is 33.7 Å². The zero-order valence-corrected chi connectivity index (χ0v) is 17.9. The summed E-state index contributed by atoms with van der Waals surface area (Å²) < 4.78 is 6.09. The summed E-state index contributed by atoms with van der Waals surface area (Å²) in [6, 6.07) is 12.9. The molecule has 0 bridgehead atoms. The van der Waals surface area contributed by atoms with Crippen LogP contribution in [0.25, 0.3) is 28.5 Å². The van der Waals surface area contributed by atoms with Gasteiger partial charge in [0.1, 0.15) is 18.2 Å². The number of aliphatic hydroxyl groups is 1. The third kappa shape index (κ3) is 3.43. The normalized spacial score (nSPS) is 15.6. The van der Waals surface area contributed by atoms with Gasteiger partial charge < -0.3 is 19.7 Å². The van der Waals surface area contributed by atoms with Crippen LogP contribution < -0.4 is 9.64 Å². The minimum absolute atomic E-state index is 0.0732. The highest BCUT2D eigenvalue weighted by Crippen LogP contribution is 2.44. The van der Waals surface area contributed by atoms with Gasteiger partial charge in [0.2, 0.25) is 0 Å². The van der Waals surface area contributed by atoms with E-state index in [-0.39, 0.29) is 12.6 Å². The van der Waals surface area contributed by atoms with Crippen molar-refractivity contribution in [1.29, 1.82) is 0 Å². The largest absolute Gasteiger partial charge is 0.488 e. The van der Waals surface area contributed by atoms with Gasteiger partial charge in [0.05, 0.1) is 45.0 Å². The molecule has 0 spiro atoms. The zero-order chi connectivity index (χ0) is 21.5. The van der Waals surface area contributed by atoms with Crippen molar-refractivity contribution in [3.63, 3.8) is 0 Å². The van der Waals surface area contributed by atoms with Gasteiger partial charge in [-0.25, -0.2) is 9.97 Å². The molecule has 2 aromatic heterocycles. The number of fused-ring (bicyclic) bond motifs is 2. The molecule has 5 rings (SSSR count). The first-order valence-electron chi connectivity index (χ1n) is 9.68. The Labute approximate surface area is 188 Å². The number of para-hydroxylation sites is 1. The molecule has 0 radical (unpaired) electrons. The van der Waals surface area contributed by atoms with Gasteiger partial charge in [0, 0.05) is 6.20 Å². The summed E-state index contributed by atoms with van der Waals surface area (Å²) in [6.45, 7) is 4.01. The molecule has 6 nitrogen and oxygen atoms in total. The Balaban J connectivity index is 1.64. The standard InChI is InChI=1S/C23H18Cl2N4O2/c1-2-13-6-7-21(26-10-13)29-14(11-30)12-31-22-15(4-3-5-20(22)29)23-27-18-8-16(24)17(25)9-19(18)28-23/h2-10,14,30H,1,11-12H2,(H,27,28)/t14-/m0/s1. The second-order valence-corrected chi connectivity index (χ2v) is 8.01. The molecular formula is C23H18Cl2N4O2. The van der Waals surface area contributed by atoms with Crippen LogP contribution in [0, 0.1) is 0 Å². The van der Waals surface area contributed by atoms with Crippen molar-refractivity contribution in [2.24, 2.45) is 0 Å². The van der Waals surface area contributed by atoms with Crippen molar-refractivity contribution in [2.75, 3.05) is 18.1 Å². The van der Waals surface area contributed by atoms with E-state index in [1.54, 1.807) is 24.4 Å². The molecule has 2 aromatic carbocycles. The first-order chi connectivity index (χ1) is 15.1. The van der Waals surface area contributed by atoms with Gasteiger partial charge >= 0.3 is 0 Å². The van der Waals surface area contributed by atoms with Crippen molar-refractivity contribution >= 4 is 51.8 Å². The van der Waals surface area contributed by atoms with E-state index < -0.39 is 0 Å². The Hall–Kier alpha value is -3.06. The molecule has 0 aliphatic carbocycles. The summed E-state index contributed by atoms with van der Waals surface area (Å²) in [7, 11) is 0. The van der Waals surface area contributed by atoms with Gasteiger partial charge in [-0.15, -0.1) is 0 Å². The number of aliphatic hydroxyl groups excluding tert-OH is 1. The summed E-state index contributed by atoms with van der Waals surface area (Å²) >= 11 is 12.3. The van der Waals surface area contributed by atoms with Gasteiger partial charge in [-0.1, -0.05) is 41.9 Å². The molecule has 0 amide bonds. The summed E-state index contributed by atoms with van der Waals surface area (Å²) in [5, 5.41) is 10.9. The molecular weight excluding hydrogens is 435 g/mol. The van der Waals surface area contributed by atoms with Crippen LogP contribution in [0.4, 0.5) is 11.5 Å². The van der Waals surface area contributed by atoms with Gasteiger partial charge in [-0.3, -0.25) is 0 Å². The number of hydrogen-bond acceptors (Lipinski definition) is 5. The Bertz CT molecular complexity index is 1250. The second-order valence-electron chi connectivity index (χ2n) is 7.19. The highest BCUT2D eigenvalue weighted by atomic mass is 35.5. The number of ether oxygens (including phenoxy) is 1. The van der Waals surface area contributed by atoms with E-state index in [0.717, 1.165) is 28.1 Å². The van der Waals surface area contributed by atoms with Crippen molar-refractivity contribution in [3.8, 4) is 17.1 Å². The minimum atomic E-state index is -0.266.